The van der Waals surface area contributed by atoms with Gasteiger partial charge < -0.3 is 16.0 Å². The molecule has 0 radical (unpaired) electrons. The number of guanidine groups is 1. The van der Waals surface area contributed by atoms with Gasteiger partial charge in [0.2, 0.25) is 0 Å². The molecule has 0 atom stereocenters. The van der Waals surface area contributed by atoms with E-state index in [1.807, 2.05) is 0 Å². The van der Waals surface area contributed by atoms with Gasteiger partial charge in [-0.25, -0.2) is 4.99 Å². The number of hydrogen-bond acceptors (Lipinski definition) is 2. The fourth-order valence-corrected chi connectivity index (χ4v) is 1.99. The third-order valence-electron chi connectivity index (χ3n) is 3.11. The normalized spacial score (nSPS) is 15.0. The Morgan fingerprint density at radius 2 is 1.95 bits per heavy atom. The number of nitrogens with two attached hydrogens (primary N) is 1. The predicted molar refractivity (Wildman–Crippen MR) is 81.4 cm³/mol. The first-order valence-corrected chi connectivity index (χ1v) is 6.82. The molecule has 1 aromatic rings. The van der Waals surface area contributed by atoms with Crippen LogP contribution in [-0.2, 0) is 6.54 Å². The van der Waals surface area contributed by atoms with Crippen LogP contribution in [0.25, 0.3) is 0 Å². The minimum absolute atomic E-state index is 0.523. The summed E-state index contributed by atoms with van der Waals surface area (Å²) >= 11 is 0. The van der Waals surface area contributed by atoms with Crippen molar-refractivity contribution in [3.05, 3.63) is 42.0 Å². The molecule has 3 N–H and O–H groups in total. The van der Waals surface area contributed by atoms with Crippen molar-refractivity contribution in [2.45, 2.75) is 19.9 Å². The van der Waals surface area contributed by atoms with Crippen molar-refractivity contribution in [2.24, 2.45) is 10.7 Å². The van der Waals surface area contributed by atoms with Crippen LogP contribution in [-0.4, -0.2) is 25.6 Å². The highest BCUT2D eigenvalue weighted by Gasteiger charge is 2.06. The Kier molecular flexibility index (Phi) is 4.84. The minimum Gasteiger partial charge on any atom is -0.370 e. The zero-order valence-electron chi connectivity index (χ0n) is 11.5. The Morgan fingerprint density at radius 3 is 2.58 bits per heavy atom. The average Bonchev–Trinajstić information content (AvgIpc) is 2.97. The van der Waals surface area contributed by atoms with E-state index < -0.39 is 0 Å². The van der Waals surface area contributed by atoms with Gasteiger partial charge in [0.05, 0.1) is 6.54 Å². The Hall–Kier alpha value is -1.97. The van der Waals surface area contributed by atoms with Crippen LogP contribution in [0.15, 0.2) is 41.4 Å². The first-order chi connectivity index (χ1) is 9.29. The minimum atomic E-state index is 0.523. The molecule has 1 heterocycles. The largest absolute Gasteiger partial charge is 0.370 e. The molecule has 0 fully saturated rings. The van der Waals surface area contributed by atoms with E-state index in [0.717, 1.165) is 26.1 Å². The van der Waals surface area contributed by atoms with Gasteiger partial charge in [-0.1, -0.05) is 31.2 Å². The molecule has 4 heteroatoms. The van der Waals surface area contributed by atoms with E-state index in [1.54, 1.807) is 0 Å². The lowest BCUT2D eigenvalue weighted by Gasteiger charge is -2.17. The van der Waals surface area contributed by atoms with Crippen molar-refractivity contribution in [2.75, 3.05) is 24.5 Å². The van der Waals surface area contributed by atoms with E-state index in [-0.39, 0.29) is 0 Å². The molecule has 1 aliphatic heterocycles. The highest BCUT2D eigenvalue weighted by molar-refractivity contribution is 5.77. The topological polar surface area (TPSA) is 53.6 Å². The van der Waals surface area contributed by atoms with Crippen molar-refractivity contribution in [1.82, 2.24) is 5.32 Å². The third kappa shape index (κ3) is 4.02. The Labute approximate surface area is 115 Å². The van der Waals surface area contributed by atoms with Gasteiger partial charge in [-0.15, -0.1) is 0 Å². The van der Waals surface area contributed by atoms with Crippen LogP contribution >= 0.6 is 0 Å². The van der Waals surface area contributed by atoms with Crippen molar-refractivity contribution < 1.29 is 0 Å². The van der Waals surface area contributed by atoms with Crippen LogP contribution in [0.1, 0.15) is 18.9 Å². The zero-order valence-corrected chi connectivity index (χ0v) is 11.5. The lowest BCUT2D eigenvalue weighted by atomic mass is 10.2. The second-order valence-electron chi connectivity index (χ2n) is 4.67. The maximum absolute atomic E-state index is 5.76. The summed E-state index contributed by atoms with van der Waals surface area (Å²) in [6, 6.07) is 8.52. The molecule has 0 aliphatic carbocycles. The van der Waals surface area contributed by atoms with Crippen molar-refractivity contribution in [1.29, 1.82) is 0 Å². The summed E-state index contributed by atoms with van der Waals surface area (Å²) in [4.78, 5) is 6.64. The van der Waals surface area contributed by atoms with E-state index in [1.165, 1.54) is 11.3 Å². The molecule has 1 aromatic carbocycles. The molecule has 102 valence electrons. The summed E-state index contributed by atoms with van der Waals surface area (Å²) in [5.74, 6) is 0.523. The average molecular weight is 258 g/mol. The first kappa shape index (κ1) is 13.5. The molecule has 0 saturated heterocycles. The van der Waals surface area contributed by atoms with Crippen molar-refractivity contribution in [3.63, 3.8) is 0 Å². The summed E-state index contributed by atoms with van der Waals surface area (Å²) in [5, 5.41) is 3.07. The second-order valence-corrected chi connectivity index (χ2v) is 4.67. The lowest BCUT2D eigenvalue weighted by molar-refractivity contribution is 0.825. The van der Waals surface area contributed by atoms with Gasteiger partial charge in [0.15, 0.2) is 5.96 Å². The monoisotopic (exact) mass is 258 g/mol. The maximum Gasteiger partial charge on any atom is 0.188 e. The number of rotatable bonds is 5. The van der Waals surface area contributed by atoms with E-state index in [2.05, 4.69) is 58.6 Å². The molecule has 19 heavy (non-hydrogen) atoms. The molecule has 0 unspecified atom stereocenters. The van der Waals surface area contributed by atoms with Gasteiger partial charge in [0.1, 0.15) is 0 Å². The highest BCUT2D eigenvalue weighted by Crippen LogP contribution is 2.17. The summed E-state index contributed by atoms with van der Waals surface area (Å²) in [5.41, 5.74) is 8.20. The quantitative estimate of drug-likeness (QED) is 0.481. The SMILES string of the molecule is CCCNC(N)=NCc1ccc(N2CC=CC2)cc1. The second kappa shape index (κ2) is 6.83. The number of benzene rings is 1. The standard InChI is InChI=1S/C15H22N4/c1-2-9-17-15(16)18-12-13-5-7-14(8-6-13)19-10-3-4-11-19/h3-8H,2,9-12H2,1H3,(H3,16,17,18). The Morgan fingerprint density at radius 1 is 1.26 bits per heavy atom. The molecule has 1 aliphatic rings. The first-order valence-electron chi connectivity index (χ1n) is 6.82. The fourth-order valence-electron chi connectivity index (χ4n) is 1.99. The Bertz CT molecular complexity index is 440. The van der Waals surface area contributed by atoms with Crippen LogP contribution in [0.2, 0.25) is 0 Å². The lowest BCUT2D eigenvalue weighted by Crippen LogP contribution is -2.32. The van der Waals surface area contributed by atoms with Crippen LogP contribution < -0.4 is 16.0 Å². The molecule has 0 amide bonds. The summed E-state index contributed by atoms with van der Waals surface area (Å²) in [6.07, 6.45) is 5.44. The van der Waals surface area contributed by atoms with Crippen molar-refractivity contribution in [3.8, 4) is 0 Å². The molecular formula is C15H22N4. The fraction of sp³-hybridized carbons (Fsp3) is 0.400. The van der Waals surface area contributed by atoms with Gasteiger partial charge in [0.25, 0.3) is 0 Å². The van der Waals surface area contributed by atoms with Gasteiger partial charge in [-0.2, -0.15) is 0 Å². The molecule has 2 rings (SSSR count). The van der Waals surface area contributed by atoms with Gasteiger partial charge in [-0.05, 0) is 24.1 Å². The van der Waals surface area contributed by atoms with E-state index >= 15 is 0 Å². The van der Waals surface area contributed by atoms with Crippen LogP contribution in [0.3, 0.4) is 0 Å². The number of anilines is 1. The van der Waals surface area contributed by atoms with E-state index in [0.29, 0.717) is 12.5 Å². The van der Waals surface area contributed by atoms with Crippen molar-refractivity contribution >= 4 is 11.6 Å². The summed E-state index contributed by atoms with van der Waals surface area (Å²) in [6.45, 7) is 5.61. The molecule has 0 aromatic heterocycles. The Balaban J connectivity index is 1.88. The smallest absolute Gasteiger partial charge is 0.188 e. The van der Waals surface area contributed by atoms with E-state index in [4.69, 9.17) is 5.73 Å². The molecular weight excluding hydrogens is 236 g/mol. The van der Waals surface area contributed by atoms with Crippen LogP contribution in [0.5, 0.6) is 0 Å². The van der Waals surface area contributed by atoms with Crippen LogP contribution in [0.4, 0.5) is 5.69 Å². The molecule has 4 nitrogen and oxygen atoms in total. The third-order valence-corrected chi connectivity index (χ3v) is 3.11. The maximum atomic E-state index is 5.76. The highest BCUT2D eigenvalue weighted by atomic mass is 15.1. The van der Waals surface area contributed by atoms with Gasteiger partial charge >= 0.3 is 0 Å². The number of nitrogens with zero attached hydrogens (tertiary/aromatic N) is 2. The molecule has 0 bridgehead atoms. The molecule has 0 spiro atoms. The summed E-state index contributed by atoms with van der Waals surface area (Å²) in [7, 11) is 0. The summed E-state index contributed by atoms with van der Waals surface area (Å²) < 4.78 is 0. The zero-order chi connectivity index (χ0) is 13.5. The predicted octanol–water partition coefficient (Wildman–Crippen LogP) is 1.88. The van der Waals surface area contributed by atoms with Crippen LogP contribution in [0, 0.1) is 0 Å². The van der Waals surface area contributed by atoms with Gasteiger partial charge in [0, 0.05) is 25.3 Å². The number of aliphatic imine (C=N–C) groups is 1. The number of nitrogens with one attached hydrogen (secondary N) is 1. The number of hydrogen-bond donors (Lipinski definition) is 2. The molecule has 0 saturated carbocycles. The van der Waals surface area contributed by atoms with E-state index in [9.17, 15) is 0 Å². The van der Waals surface area contributed by atoms with Gasteiger partial charge in [-0.3, -0.25) is 0 Å².